The number of aliphatic hydroxyl groups excluding tert-OH is 1. The molecule has 9 heteroatoms. The topological polar surface area (TPSA) is 109 Å². The van der Waals surface area contributed by atoms with E-state index in [2.05, 4.69) is 10.3 Å². The van der Waals surface area contributed by atoms with Gasteiger partial charge in [0.1, 0.15) is 17.6 Å². The largest absolute Gasteiger partial charge is 0.507 e. The summed E-state index contributed by atoms with van der Waals surface area (Å²) in [4.78, 5) is 43.7. The number of nitrogens with zero attached hydrogens (tertiary/aromatic N) is 2. The molecule has 1 aliphatic heterocycles. The van der Waals surface area contributed by atoms with Crippen LogP contribution in [0.1, 0.15) is 31.1 Å². The average Bonchev–Trinajstić information content (AvgIpc) is 3.11. The number of hydrogen-bond acceptors (Lipinski definition) is 6. The molecule has 0 aliphatic carbocycles. The fraction of sp³-hybridized carbons (Fsp3) is 0.154. The van der Waals surface area contributed by atoms with Crippen LogP contribution in [0.25, 0.3) is 5.76 Å². The van der Waals surface area contributed by atoms with E-state index in [-0.39, 0.29) is 22.8 Å². The maximum absolute atomic E-state index is 13.3. The Hall–Kier alpha value is -4.17. The molecule has 1 fully saturated rings. The monoisotopic (exact) mass is 491 g/mol. The number of Topliss-reactive ketones (excluding diaryl/α,β-unsaturated/α-hetero) is 1. The van der Waals surface area contributed by atoms with Gasteiger partial charge in [-0.15, -0.1) is 0 Å². The van der Waals surface area contributed by atoms with Gasteiger partial charge in [-0.1, -0.05) is 23.7 Å². The Labute approximate surface area is 206 Å². The summed E-state index contributed by atoms with van der Waals surface area (Å²) in [6.45, 7) is 3.52. The zero-order valence-electron chi connectivity index (χ0n) is 19.0. The summed E-state index contributed by atoms with van der Waals surface area (Å²) in [5.74, 6) is -2.02. The third kappa shape index (κ3) is 4.74. The van der Waals surface area contributed by atoms with Gasteiger partial charge in [0.2, 0.25) is 5.91 Å². The van der Waals surface area contributed by atoms with Gasteiger partial charge >= 0.3 is 0 Å². The highest BCUT2D eigenvalue weighted by Crippen LogP contribution is 2.42. The van der Waals surface area contributed by atoms with Crippen LogP contribution in [0.3, 0.4) is 0 Å². The lowest BCUT2D eigenvalue weighted by atomic mass is 9.98. The van der Waals surface area contributed by atoms with Crippen molar-refractivity contribution in [1.29, 1.82) is 0 Å². The molecular weight excluding hydrogens is 470 g/mol. The smallest absolute Gasteiger partial charge is 0.300 e. The summed E-state index contributed by atoms with van der Waals surface area (Å²) in [6, 6.07) is 15.2. The van der Waals surface area contributed by atoms with Crippen molar-refractivity contribution in [2.24, 2.45) is 0 Å². The number of hydrogen-bond donors (Lipinski definition) is 2. The fourth-order valence-corrected chi connectivity index (χ4v) is 4.10. The van der Waals surface area contributed by atoms with Crippen LogP contribution in [-0.2, 0) is 14.4 Å². The van der Waals surface area contributed by atoms with Crippen LogP contribution in [0.5, 0.6) is 5.75 Å². The van der Waals surface area contributed by atoms with Crippen LogP contribution in [0.15, 0.2) is 72.4 Å². The molecule has 0 bridgehead atoms. The first-order valence-electron chi connectivity index (χ1n) is 10.8. The molecule has 1 atom stereocenters. The maximum atomic E-state index is 13.3. The Morgan fingerprint density at radius 3 is 2.63 bits per heavy atom. The number of rotatable bonds is 6. The SMILES string of the molecule is CCOc1cc(/C(O)=C2\C(=O)C(=O)N(c3cccc(NC(C)=O)c3)C2c2ccccn2)ccc1Cl. The number of aliphatic hydroxyl groups is 1. The van der Waals surface area contributed by atoms with E-state index in [1.54, 1.807) is 67.7 Å². The first kappa shape index (κ1) is 24.0. The van der Waals surface area contributed by atoms with Crippen LogP contribution in [0.4, 0.5) is 11.4 Å². The molecule has 1 unspecified atom stereocenters. The van der Waals surface area contributed by atoms with E-state index in [9.17, 15) is 19.5 Å². The Morgan fingerprint density at radius 2 is 1.94 bits per heavy atom. The van der Waals surface area contributed by atoms with Crippen molar-refractivity contribution in [2.45, 2.75) is 19.9 Å². The second kappa shape index (κ2) is 9.99. The van der Waals surface area contributed by atoms with Crippen molar-refractivity contribution < 1.29 is 24.2 Å². The lowest BCUT2D eigenvalue weighted by molar-refractivity contribution is -0.132. The molecule has 35 heavy (non-hydrogen) atoms. The van der Waals surface area contributed by atoms with Crippen LogP contribution >= 0.6 is 11.6 Å². The summed E-state index contributed by atoms with van der Waals surface area (Å²) < 4.78 is 5.51. The van der Waals surface area contributed by atoms with Crippen LogP contribution < -0.4 is 15.0 Å². The molecule has 0 spiro atoms. The Balaban J connectivity index is 1.90. The number of ether oxygens (including phenoxy) is 1. The molecule has 2 amide bonds. The summed E-state index contributed by atoms with van der Waals surface area (Å²) in [6.07, 6.45) is 1.54. The van der Waals surface area contributed by atoms with E-state index in [4.69, 9.17) is 16.3 Å². The maximum Gasteiger partial charge on any atom is 0.300 e. The minimum Gasteiger partial charge on any atom is -0.507 e. The summed E-state index contributed by atoms with van der Waals surface area (Å²) in [5.41, 5.74) is 1.35. The first-order valence-corrected chi connectivity index (χ1v) is 11.2. The fourth-order valence-electron chi connectivity index (χ4n) is 3.93. The number of ketones is 1. The van der Waals surface area contributed by atoms with E-state index in [1.165, 1.54) is 17.9 Å². The second-order valence-electron chi connectivity index (χ2n) is 7.73. The second-order valence-corrected chi connectivity index (χ2v) is 8.14. The van der Waals surface area contributed by atoms with Gasteiger partial charge in [0.25, 0.3) is 11.7 Å². The zero-order chi connectivity index (χ0) is 25.1. The lowest BCUT2D eigenvalue weighted by Gasteiger charge is -2.25. The van der Waals surface area contributed by atoms with Gasteiger partial charge in [-0.3, -0.25) is 24.3 Å². The molecule has 3 aromatic rings. The molecular formula is C26H22ClN3O5. The van der Waals surface area contributed by atoms with Gasteiger partial charge in [0.15, 0.2) is 0 Å². The van der Waals surface area contributed by atoms with E-state index in [1.807, 2.05) is 0 Å². The predicted octanol–water partition coefficient (Wildman–Crippen LogP) is 4.72. The molecule has 2 aromatic carbocycles. The number of nitrogens with one attached hydrogen (secondary N) is 1. The van der Waals surface area contributed by atoms with Crippen LogP contribution in [-0.4, -0.2) is 34.3 Å². The van der Waals surface area contributed by atoms with Crippen molar-refractivity contribution in [1.82, 2.24) is 4.98 Å². The third-order valence-electron chi connectivity index (χ3n) is 5.36. The summed E-state index contributed by atoms with van der Waals surface area (Å²) in [7, 11) is 0. The van der Waals surface area contributed by atoms with E-state index in [0.717, 1.165) is 0 Å². The number of pyridine rings is 1. The number of benzene rings is 2. The van der Waals surface area contributed by atoms with E-state index in [0.29, 0.717) is 34.4 Å². The first-order chi connectivity index (χ1) is 16.8. The molecule has 1 saturated heterocycles. The zero-order valence-corrected chi connectivity index (χ0v) is 19.7. The number of halogens is 1. The van der Waals surface area contributed by atoms with Crippen LogP contribution in [0, 0.1) is 0 Å². The molecule has 4 rings (SSSR count). The van der Waals surface area contributed by atoms with E-state index >= 15 is 0 Å². The molecule has 2 heterocycles. The van der Waals surface area contributed by atoms with Gasteiger partial charge < -0.3 is 15.2 Å². The number of carbonyl (C=O) groups is 3. The minimum absolute atomic E-state index is 0.122. The van der Waals surface area contributed by atoms with Crippen molar-refractivity contribution in [2.75, 3.05) is 16.8 Å². The highest BCUT2D eigenvalue weighted by atomic mass is 35.5. The Morgan fingerprint density at radius 1 is 1.14 bits per heavy atom. The third-order valence-corrected chi connectivity index (χ3v) is 5.67. The van der Waals surface area contributed by atoms with Gasteiger partial charge in [-0.2, -0.15) is 0 Å². The van der Waals surface area contributed by atoms with Gasteiger partial charge in [0, 0.05) is 30.1 Å². The lowest BCUT2D eigenvalue weighted by Crippen LogP contribution is -2.30. The van der Waals surface area contributed by atoms with Gasteiger partial charge in [-0.05, 0) is 55.5 Å². The minimum atomic E-state index is -1.00. The molecule has 1 aromatic heterocycles. The Kier molecular flexibility index (Phi) is 6.84. The highest BCUT2D eigenvalue weighted by molar-refractivity contribution is 6.51. The summed E-state index contributed by atoms with van der Waals surface area (Å²) in [5, 5.41) is 14.3. The molecule has 0 radical (unpaired) electrons. The number of amides is 2. The van der Waals surface area contributed by atoms with Crippen molar-refractivity contribution in [3.8, 4) is 5.75 Å². The Bertz CT molecular complexity index is 1340. The number of aromatic nitrogens is 1. The standard InChI is InChI=1S/C26H22ClN3O5/c1-3-35-21-13-16(10-11-19(21)27)24(32)22-23(20-9-4-5-12-28-20)30(26(34)25(22)33)18-8-6-7-17(14-18)29-15(2)31/h4-14,23,32H,3H2,1-2H3,(H,29,31)/b24-22+. The quantitative estimate of drug-likeness (QED) is 0.293. The normalized spacial score (nSPS) is 16.9. The van der Waals surface area contributed by atoms with Crippen molar-refractivity contribution in [3.63, 3.8) is 0 Å². The van der Waals surface area contributed by atoms with Crippen molar-refractivity contribution >= 4 is 46.3 Å². The molecule has 8 nitrogen and oxygen atoms in total. The number of carbonyl (C=O) groups excluding carboxylic acids is 3. The highest BCUT2D eigenvalue weighted by Gasteiger charge is 2.47. The molecule has 2 N–H and O–H groups in total. The predicted molar refractivity (Wildman–Crippen MR) is 132 cm³/mol. The average molecular weight is 492 g/mol. The van der Waals surface area contributed by atoms with Gasteiger partial charge in [-0.25, -0.2) is 0 Å². The van der Waals surface area contributed by atoms with Gasteiger partial charge in [0.05, 0.1) is 22.9 Å². The molecule has 1 aliphatic rings. The van der Waals surface area contributed by atoms with Crippen LogP contribution in [0.2, 0.25) is 5.02 Å². The number of anilines is 2. The van der Waals surface area contributed by atoms with Crippen molar-refractivity contribution in [3.05, 3.63) is 88.7 Å². The summed E-state index contributed by atoms with van der Waals surface area (Å²) >= 11 is 6.18. The molecule has 0 saturated carbocycles. The molecule has 178 valence electrons. The van der Waals surface area contributed by atoms with E-state index < -0.39 is 17.7 Å².